The van der Waals surface area contributed by atoms with Crippen LogP contribution in [0.25, 0.3) is 0 Å². The highest BCUT2D eigenvalue weighted by Crippen LogP contribution is 2.30. The van der Waals surface area contributed by atoms with Gasteiger partial charge >= 0.3 is 5.69 Å². The van der Waals surface area contributed by atoms with Gasteiger partial charge in [0.25, 0.3) is 0 Å². The first-order valence-electron chi connectivity index (χ1n) is 8.55. The average molecular weight is 303 g/mol. The third-order valence-corrected chi connectivity index (χ3v) is 5.15. The Labute approximate surface area is 131 Å². The van der Waals surface area contributed by atoms with E-state index in [2.05, 4.69) is 9.97 Å². The highest BCUT2D eigenvalue weighted by Gasteiger charge is 2.26. The smallest absolute Gasteiger partial charge is 0.342 e. The van der Waals surface area contributed by atoms with Crippen LogP contribution in [0.2, 0.25) is 0 Å². The standard InChI is InChI=1S/C17H25N3O2/c21-16(8-7-13-4-1-2-5-13)20-11-3-6-14(12-20)15-9-10-18-17(22)19-15/h9-10,13-14H,1-8,11-12H2,(H,18,19,22). The molecule has 2 heterocycles. The van der Waals surface area contributed by atoms with E-state index in [1.807, 2.05) is 11.0 Å². The zero-order chi connectivity index (χ0) is 15.4. The molecule has 3 rings (SSSR count). The number of nitrogens with one attached hydrogen (secondary N) is 1. The summed E-state index contributed by atoms with van der Waals surface area (Å²) >= 11 is 0. The van der Waals surface area contributed by atoms with Crippen molar-refractivity contribution in [1.82, 2.24) is 14.9 Å². The van der Waals surface area contributed by atoms with Crippen molar-refractivity contribution in [2.75, 3.05) is 13.1 Å². The first-order valence-corrected chi connectivity index (χ1v) is 8.55. The van der Waals surface area contributed by atoms with Crippen molar-refractivity contribution >= 4 is 5.91 Å². The lowest BCUT2D eigenvalue weighted by Gasteiger charge is -2.33. The number of aromatic nitrogens is 2. The molecular formula is C17H25N3O2. The van der Waals surface area contributed by atoms with Crippen LogP contribution in [0.15, 0.2) is 17.1 Å². The zero-order valence-electron chi connectivity index (χ0n) is 13.1. The molecule has 1 unspecified atom stereocenters. The van der Waals surface area contributed by atoms with Crippen LogP contribution < -0.4 is 5.69 Å². The second kappa shape index (κ2) is 7.07. The average Bonchev–Trinajstić information content (AvgIpc) is 3.06. The fourth-order valence-corrected chi connectivity index (χ4v) is 3.86. The Bertz CT molecular complexity index is 563. The first kappa shape index (κ1) is 15.3. The number of carbonyl (C=O) groups excluding carboxylic acids is 1. The summed E-state index contributed by atoms with van der Waals surface area (Å²) in [4.78, 5) is 32.3. The van der Waals surface area contributed by atoms with Crippen LogP contribution in [0.1, 0.15) is 63.0 Å². The predicted octanol–water partition coefficient (Wildman–Crippen LogP) is 2.45. The van der Waals surface area contributed by atoms with E-state index in [0.29, 0.717) is 6.42 Å². The SMILES string of the molecule is O=C(CCC1CCCC1)N1CCCC(c2ccnc(=O)[nH]2)C1. The Morgan fingerprint density at radius 1 is 1.27 bits per heavy atom. The second-order valence-electron chi connectivity index (χ2n) is 6.70. The summed E-state index contributed by atoms with van der Waals surface area (Å²) in [5.41, 5.74) is 0.607. The van der Waals surface area contributed by atoms with E-state index in [1.54, 1.807) is 6.20 Å². The van der Waals surface area contributed by atoms with E-state index in [0.717, 1.165) is 44.0 Å². The molecule has 1 N–H and O–H groups in total. The molecule has 2 aliphatic rings. The maximum absolute atomic E-state index is 12.4. The number of hydrogen-bond donors (Lipinski definition) is 1. The van der Waals surface area contributed by atoms with Crippen molar-refractivity contribution in [2.45, 2.75) is 57.3 Å². The molecule has 22 heavy (non-hydrogen) atoms. The highest BCUT2D eigenvalue weighted by molar-refractivity contribution is 5.76. The van der Waals surface area contributed by atoms with E-state index < -0.39 is 0 Å². The quantitative estimate of drug-likeness (QED) is 0.929. The largest absolute Gasteiger partial charge is 0.345 e. The molecule has 0 radical (unpaired) electrons. The number of H-pyrrole nitrogens is 1. The summed E-state index contributed by atoms with van der Waals surface area (Å²) in [6, 6.07) is 1.86. The van der Waals surface area contributed by atoms with Crippen molar-refractivity contribution < 1.29 is 4.79 Å². The van der Waals surface area contributed by atoms with Gasteiger partial charge in [0, 0.05) is 37.3 Å². The number of aromatic amines is 1. The topological polar surface area (TPSA) is 66.1 Å². The number of amides is 1. The molecule has 1 aromatic heterocycles. The van der Waals surface area contributed by atoms with Crippen LogP contribution in [-0.4, -0.2) is 33.9 Å². The lowest BCUT2D eigenvalue weighted by molar-refractivity contribution is -0.132. The van der Waals surface area contributed by atoms with E-state index >= 15 is 0 Å². The van der Waals surface area contributed by atoms with Gasteiger partial charge in [-0.3, -0.25) is 4.79 Å². The molecule has 120 valence electrons. The number of carbonyl (C=O) groups is 1. The van der Waals surface area contributed by atoms with Gasteiger partial charge in [-0.15, -0.1) is 0 Å². The number of nitrogens with zero attached hydrogens (tertiary/aromatic N) is 2. The van der Waals surface area contributed by atoms with Crippen molar-refractivity contribution in [2.24, 2.45) is 5.92 Å². The van der Waals surface area contributed by atoms with Crippen LogP contribution in [0.3, 0.4) is 0 Å². The summed E-state index contributed by atoms with van der Waals surface area (Å²) < 4.78 is 0. The maximum Gasteiger partial charge on any atom is 0.345 e. The van der Waals surface area contributed by atoms with Crippen LogP contribution in [-0.2, 0) is 4.79 Å². The minimum Gasteiger partial charge on any atom is -0.342 e. The molecule has 1 saturated carbocycles. The minimum atomic E-state index is -0.304. The molecular weight excluding hydrogens is 278 g/mol. The van der Waals surface area contributed by atoms with Gasteiger partial charge in [-0.1, -0.05) is 25.7 Å². The van der Waals surface area contributed by atoms with Gasteiger partial charge in [0.2, 0.25) is 5.91 Å². The minimum absolute atomic E-state index is 0.236. The molecule has 1 aliphatic heterocycles. The molecule has 2 fully saturated rings. The lowest BCUT2D eigenvalue weighted by atomic mass is 9.94. The van der Waals surface area contributed by atoms with Gasteiger partial charge < -0.3 is 9.88 Å². The van der Waals surface area contributed by atoms with Gasteiger partial charge in [0.1, 0.15) is 0 Å². The molecule has 0 spiro atoms. The molecule has 0 aromatic carbocycles. The summed E-state index contributed by atoms with van der Waals surface area (Å²) in [7, 11) is 0. The number of rotatable bonds is 4. The van der Waals surface area contributed by atoms with Crippen molar-refractivity contribution in [3.63, 3.8) is 0 Å². The molecule has 1 saturated heterocycles. The summed E-state index contributed by atoms with van der Waals surface area (Å²) in [6.45, 7) is 1.58. The molecule has 5 nitrogen and oxygen atoms in total. The van der Waals surface area contributed by atoms with Crippen LogP contribution in [0.4, 0.5) is 0 Å². The Kier molecular flexibility index (Phi) is 4.90. The van der Waals surface area contributed by atoms with Crippen molar-refractivity contribution in [1.29, 1.82) is 0 Å². The summed E-state index contributed by atoms with van der Waals surface area (Å²) in [6.07, 6.45) is 10.6. The lowest BCUT2D eigenvalue weighted by Crippen LogP contribution is -2.39. The Morgan fingerprint density at radius 2 is 2.09 bits per heavy atom. The van der Waals surface area contributed by atoms with E-state index in [-0.39, 0.29) is 17.5 Å². The number of piperidine rings is 1. The fraction of sp³-hybridized carbons (Fsp3) is 0.706. The summed E-state index contributed by atoms with van der Waals surface area (Å²) in [5.74, 6) is 1.29. The Hall–Kier alpha value is -1.65. The third kappa shape index (κ3) is 3.76. The molecule has 1 aromatic rings. The van der Waals surface area contributed by atoms with Crippen LogP contribution >= 0.6 is 0 Å². The second-order valence-corrected chi connectivity index (χ2v) is 6.70. The molecule has 1 aliphatic carbocycles. The number of likely N-dealkylation sites (tertiary alicyclic amines) is 1. The van der Waals surface area contributed by atoms with Gasteiger partial charge in [-0.05, 0) is 31.2 Å². The Morgan fingerprint density at radius 3 is 2.86 bits per heavy atom. The normalized spacial score (nSPS) is 22.9. The predicted molar refractivity (Wildman–Crippen MR) is 84.6 cm³/mol. The molecule has 0 bridgehead atoms. The van der Waals surface area contributed by atoms with E-state index in [9.17, 15) is 9.59 Å². The molecule has 1 amide bonds. The van der Waals surface area contributed by atoms with E-state index in [1.165, 1.54) is 25.7 Å². The molecule has 5 heteroatoms. The van der Waals surface area contributed by atoms with Gasteiger partial charge in [0.05, 0.1) is 0 Å². The number of hydrogen-bond acceptors (Lipinski definition) is 3. The van der Waals surface area contributed by atoms with Crippen LogP contribution in [0.5, 0.6) is 0 Å². The van der Waals surface area contributed by atoms with Crippen molar-refractivity contribution in [3.05, 3.63) is 28.4 Å². The highest BCUT2D eigenvalue weighted by atomic mass is 16.2. The van der Waals surface area contributed by atoms with Gasteiger partial charge in [0.15, 0.2) is 0 Å². The summed E-state index contributed by atoms with van der Waals surface area (Å²) in [5, 5.41) is 0. The third-order valence-electron chi connectivity index (χ3n) is 5.15. The van der Waals surface area contributed by atoms with Gasteiger partial charge in [-0.25, -0.2) is 9.78 Å². The fourth-order valence-electron chi connectivity index (χ4n) is 3.86. The monoisotopic (exact) mass is 303 g/mol. The van der Waals surface area contributed by atoms with E-state index in [4.69, 9.17) is 0 Å². The Balaban J connectivity index is 1.55. The first-order chi connectivity index (χ1) is 10.7. The zero-order valence-corrected chi connectivity index (χ0v) is 13.1. The van der Waals surface area contributed by atoms with Crippen molar-refractivity contribution in [3.8, 4) is 0 Å². The molecule has 1 atom stereocenters. The maximum atomic E-state index is 12.4. The van der Waals surface area contributed by atoms with Gasteiger partial charge in [-0.2, -0.15) is 0 Å². The van der Waals surface area contributed by atoms with Crippen LogP contribution in [0, 0.1) is 5.92 Å².